The van der Waals surface area contributed by atoms with Crippen molar-refractivity contribution in [2.45, 2.75) is 18.6 Å². The van der Waals surface area contributed by atoms with E-state index >= 15 is 0 Å². The van der Waals surface area contributed by atoms with Gasteiger partial charge in [-0.3, -0.25) is 4.79 Å². The van der Waals surface area contributed by atoms with Crippen molar-refractivity contribution < 1.29 is 4.79 Å². The number of thioether (sulfide) groups is 1. The Morgan fingerprint density at radius 1 is 1.47 bits per heavy atom. The van der Waals surface area contributed by atoms with Gasteiger partial charge in [-0.15, -0.1) is 11.8 Å². The van der Waals surface area contributed by atoms with Gasteiger partial charge in [0.25, 0.3) is 5.91 Å². The number of rotatable bonds is 3. The lowest BCUT2D eigenvalue weighted by molar-refractivity contribution is -0.118. The van der Waals surface area contributed by atoms with Gasteiger partial charge in [-0.05, 0) is 25.5 Å². The fraction of sp³-hybridized carbons (Fsp3) is 0.500. The number of carbonyl (C=O) groups excluding carboxylic acids is 1. The van der Waals surface area contributed by atoms with Crippen LogP contribution in [0.2, 0.25) is 0 Å². The summed E-state index contributed by atoms with van der Waals surface area (Å²) in [5.74, 6) is 1.07. The Bertz CT molecular complexity index is 513. The molecule has 0 aromatic carbocycles. The zero-order chi connectivity index (χ0) is 13.2. The van der Waals surface area contributed by atoms with E-state index in [2.05, 4.69) is 15.3 Å². The van der Waals surface area contributed by atoms with Crippen molar-refractivity contribution in [1.29, 1.82) is 0 Å². The van der Waals surface area contributed by atoms with Crippen LogP contribution in [0.25, 0.3) is 0 Å². The Labute approximate surface area is 117 Å². The molecule has 1 aliphatic carbocycles. The Morgan fingerprint density at radius 3 is 3.16 bits per heavy atom. The van der Waals surface area contributed by atoms with Crippen molar-refractivity contribution in [2.24, 2.45) is 15.9 Å². The van der Waals surface area contributed by atoms with E-state index in [0.29, 0.717) is 11.1 Å². The molecule has 2 unspecified atom stereocenters. The van der Waals surface area contributed by atoms with Gasteiger partial charge < -0.3 is 5.32 Å². The standard InChI is InChI=1S/C14H17N3OS/c1-9-3-2-4-11-13(9)16-12(17-14(11)18)8-19-10-5-6-15-7-10/h2-4,10-11,15H,5-8H2,1H3. The van der Waals surface area contributed by atoms with E-state index in [1.165, 1.54) is 6.42 Å². The molecule has 1 N–H and O–H groups in total. The molecule has 3 aliphatic rings. The van der Waals surface area contributed by atoms with Crippen molar-refractivity contribution in [1.82, 2.24) is 5.32 Å². The zero-order valence-electron chi connectivity index (χ0n) is 10.9. The van der Waals surface area contributed by atoms with Crippen LogP contribution in [0, 0.1) is 5.92 Å². The minimum absolute atomic E-state index is 0.0751. The summed E-state index contributed by atoms with van der Waals surface area (Å²) >= 11 is 1.84. The quantitative estimate of drug-likeness (QED) is 0.851. The second-order valence-corrected chi connectivity index (χ2v) is 6.29. The fourth-order valence-corrected chi connectivity index (χ4v) is 3.51. The van der Waals surface area contributed by atoms with E-state index in [-0.39, 0.29) is 11.8 Å². The molecule has 3 rings (SSSR count). The smallest absolute Gasteiger partial charge is 0.260 e. The van der Waals surface area contributed by atoms with Crippen molar-refractivity contribution in [3.63, 3.8) is 0 Å². The first-order valence-corrected chi connectivity index (χ1v) is 7.66. The number of carbonyl (C=O) groups is 1. The number of hydrogen-bond acceptors (Lipinski definition) is 4. The average Bonchev–Trinajstić information content (AvgIpc) is 2.91. The summed E-state index contributed by atoms with van der Waals surface area (Å²) in [6, 6.07) is 0. The summed E-state index contributed by atoms with van der Waals surface area (Å²) in [7, 11) is 0. The van der Waals surface area contributed by atoms with Gasteiger partial charge in [0.1, 0.15) is 11.8 Å². The lowest BCUT2D eigenvalue weighted by Crippen LogP contribution is -2.30. The van der Waals surface area contributed by atoms with Crippen LogP contribution in [0.1, 0.15) is 13.3 Å². The number of nitrogens with zero attached hydrogens (tertiary/aromatic N) is 2. The number of nitrogens with one attached hydrogen (secondary N) is 1. The van der Waals surface area contributed by atoms with Crippen molar-refractivity contribution in [3.05, 3.63) is 23.8 Å². The maximum absolute atomic E-state index is 12.0. The number of amides is 1. The van der Waals surface area contributed by atoms with Crippen molar-refractivity contribution in [2.75, 3.05) is 18.8 Å². The predicted octanol–water partition coefficient (Wildman–Crippen LogP) is 1.59. The Kier molecular flexibility index (Phi) is 3.66. The van der Waals surface area contributed by atoms with Gasteiger partial charge in [0.2, 0.25) is 0 Å². The van der Waals surface area contributed by atoms with Crippen LogP contribution in [0.4, 0.5) is 0 Å². The van der Waals surface area contributed by atoms with E-state index in [4.69, 9.17) is 0 Å². The molecule has 1 fully saturated rings. The summed E-state index contributed by atoms with van der Waals surface area (Å²) in [4.78, 5) is 20.7. The van der Waals surface area contributed by atoms with Crippen LogP contribution >= 0.6 is 11.8 Å². The molecule has 5 heteroatoms. The second-order valence-electron chi connectivity index (χ2n) is 5.00. The third kappa shape index (κ3) is 2.72. The lowest BCUT2D eigenvalue weighted by Gasteiger charge is -2.21. The van der Waals surface area contributed by atoms with Crippen LogP contribution < -0.4 is 5.32 Å². The topological polar surface area (TPSA) is 53.8 Å². The summed E-state index contributed by atoms with van der Waals surface area (Å²) in [5.41, 5.74) is 1.95. The van der Waals surface area contributed by atoms with E-state index in [9.17, 15) is 4.79 Å². The Morgan fingerprint density at radius 2 is 2.37 bits per heavy atom. The van der Waals surface area contributed by atoms with Crippen LogP contribution in [-0.4, -0.2) is 41.5 Å². The van der Waals surface area contributed by atoms with Crippen LogP contribution in [-0.2, 0) is 4.79 Å². The van der Waals surface area contributed by atoms with Crippen LogP contribution in [0.3, 0.4) is 0 Å². The minimum Gasteiger partial charge on any atom is -0.316 e. The van der Waals surface area contributed by atoms with E-state index in [1.54, 1.807) is 0 Å². The van der Waals surface area contributed by atoms with Gasteiger partial charge in [0.05, 0.1) is 11.5 Å². The predicted molar refractivity (Wildman–Crippen MR) is 80.0 cm³/mol. The first-order chi connectivity index (χ1) is 9.24. The third-order valence-electron chi connectivity index (χ3n) is 3.57. The first kappa shape index (κ1) is 12.8. The van der Waals surface area contributed by atoms with E-state index in [0.717, 1.165) is 30.1 Å². The van der Waals surface area contributed by atoms with Crippen LogP contribution in [0.5, 0.6) is 0 Å². The average molecular weight is 275 g/mol. The highest BCUT2D eigenvalue weighted by Gasteiger charge is 2.29. The molecule has 100 valence electrons. The fourth-order valence-electron chi connectivity index (χ4n) is 2.48. The number of amidine groups is 1. The molecule has 2 heterocycles. The van der Waals surface area contributed by atoms with Crippen molar-refractivity contribution >= 4 is 29.2 Å². The van der Waals surface area contributed by atoms with Gasteiger partial charge in [0.15, 0.2) is 0 Å². The molecule has 0 aromatic heterocycles. The largest absolute Gasteiger partial charge is 0.316 e. The second kappa shape index (κ2) is 5.43. The Balaban J connectivity index is 1.71. The monoisotopic (exact) mass is 275 g/mol. The normalized spacial score (nSPS) is 29.7. The van der Waals surface area contributed by atoms with Gasteiger partial charge in [0, 0.05) is 11.8 Å². The lowest BCUT2D eigenvalue weighted by atomic mass is 9.91. The number of aliphatic imine (C=N–C) groups is 2. The first-order valence-electron chi connectivity index (χ1n) is 6.62. The highest BCUT2D eigenvalue weighted by molar-refractivity contribution is 8.00. The molecule has 19 heavy (non-hydrogen) atoms. The minimum atomic E-state index is -0.258. The van der Waals surface area contributed by atoms with Gasteiger partial charge >= 0.3 is 0 Å². The summed E-state index contributed by atoms with van der Waals surface area (Å²) < 4.78 is 0. The highest BCUT2D eigenvalue weighted by atomic mass is 32.2. The molecule has 1 amide bonds. The highest BCUT2D eigenvalue weighted by Crippen LogP contribution is 2.23. The molecule has 0 aromatic rings. The van der Waals surface area contributed by atoms with E-state index in [1.807, 2.05) is 36.9 Å². The van der Waals surface area contributed by atoms with Gasteiger partial charge in [-0.25, -0.2) is 4.99 Å². The SMILES string of the molecule is CC1=CC=CC2C(=O)N=C(CSC3CCNC3)N=C12. The maximum atomic E-state index is 12.0. The third-order valence-corrected chi connectivity index (χ3v) is 4.87. The number of fused-ring (bicyclic) bond motifs is 1. The molecule has 0 spiro atoms. The van der Waals surface area contributed by atoms with Gasteiger partial charge in [-0.1, -0.05) is 18.2 Å². The molecule has 1 saturated heterocycles. The summed E-state index contributed by atoms with van der Waals surface area (Å²) in [6.45, 7) is 4.14. The molecular weight excluding hydrogens is 258 g/mol. The zero-order valence-corrected chi connectivity index (χ0v) is 11.7. The summed E-state index contributed by atoms with van der Waals surface area (Å²) in [5, 5.41) is 3.96. The summed E-state index contributed by atoms with van der Waals surface area (Å²) in [6.07, 6.45) is 6.98. The van der Waals surface area contributed by atoms with Gasteiger partial charge in [-0.2, -0.15) is 4.99 Å². The molecule has 0 radical (unpaired) electrons. The van der Waals surface area contributed by atoms with E-state index < -0.39 is 0 Å². The molecule has 2 atom stereocenters. The molecule has 0 bridgehead atoms. The molecular formula is C14H17N3OS. The Hall–Kier alpha value is -1.20. The number of allylic oxidation sites excluding steroid dienone is 3. The molecule has 2 aliphatic heterocycles. The van der Waals surface area contributed by atoms with Crippen molar-refractivity contribution in [3.8, 4) is 0 Å². The number of hydrogen-bond donors (Lipinski definition) is 1. The maximum Gasteiger partial charge on any atom is 0.260 e. The molecule has 4 nitrogen and oxygen atoms in total. The van der Waals surface area contributed by atoms with Crippen LogP contribution in [0.15, 0.2) is 33.8 Å². The molecule has 0 saturated carbocycles.